The molecule has 1 aromatic carbocycles. The van der Waals surface area contributed by atoms with Gasteiger partial charge in [-0.15, -0.1) is 0 Å². The first-order valence-electron chi connectivity index (χ1n) is 11.2. The topological polar surface area (TPSA) is 79.2 Å². The Balaban J connectivity index is 1.37. The molecule has 0 bridgehead atoms. The average Bonchev–Trinajstić information content (AvgIpc) is 3.27. The molecule has 0 radical (unpaired) electrons. The molecule has 1 fully saturated rings. The SMILES string of the molecule is CC(CN1CCN(c2ncccn2)CC1)NC(=O)c1cc(C(C)C)nn1-c1ccccc1. The van der Waals surface area contributed by atoms with Crippen LogP contribution in [0.4, 0.5) is 5.95 Å². The van der Waals surface area contributed by atoms with E-state index in [4.69, 9.17) is 0 Å². The lowest BCUT2D eigenvalue weighted by Crippen LogP contribution is -2.51. The molecule has 2 aromatic heterocycles. The van der Waals surface area contributed by atoms with Gasteiger partial charge in [0.1, 0.15) is 5.69 Å². The van der Waals surface area contributed by atoms with Crippen LogP contribution >= 0.6 is 0 Å². The number of piperazine rings is 1. The number of para-hydroxylation sites is 1. The maximum Gasteiger partial charge on any atom is 0.270 e. The Kier molecular flexibility index (Phi) is 6.80. The summed E-state index contributed by atoms with van der Waals surface area (Å²) >= 11 is 0. The summed E-state index contributed by atoms with van der Waals surface area (Å²) in [6.45, 7) is 10.6. The van der Waals surface area contributed by atoms with E-state index in [0.29, 0.717) is 5.69 Å². The second-order valence-electron chi connectivity index (χ2n) is 8.57. The molecule has 4 rings (SSSR count). The lowest BCUT2D eigenvalue weighted by atomic mass is 10.1. The third-order valence-corrected chi connectivity index (χ3v) is 5.67. The summed E-state index contributed by atoms with van der Waals surface area (Å²) in [6.07, 6.45) is 3.55. The maximum absolute atomic E-state index is 13.1. The van der Waals surface area contributed by atoms with Crippen LogP contribution in [0, 0.1) is 0 Å². The van der Waals surface area contributed by atoms with E-state index in [-0.39, 0.29) is 17.9 Å². The number of carbonyl (C=O) groups excluding carboxylic acids is 1. The summed E-state index contributed by atoms with van der Waals surface area (Å²) in [5.74, 6) is 0.925. The molecule has 3 heterocycles. The van der Waals surface area contributed by atoms with E-state index in [9.17, 15) is 4.79 Å². The van der Waals surface area contributed by atoms with Crippen molar-refractivity contribution in [2.24, 2.45) is 0 Å². The molecule has 1 unspecified atom stereocenters. The van der Waals surface area contributed by atoms with E-state index >= 15 is 0 Å². The molecule has 0 spiro atoms. The first kappa shape index (κ1) is 22.0. The summed E-state index contributed by atoms with van der Waals surface area (Å²) in [6, 6.07) is 13.6. The third kappa shape index (κ3) is 5.13. The molecular weight excluding hydrogens is 402 g/mol. The molecule has 3 aromatic rings. The van der Waals surface area contributed by atoms with Gasteiger partial charge in [-0.3, -0.25) is 9.69 Å². The van der Waals surface area contributed by atoms with Gasteiger partial charge < -0.3 is 10.2 Å². The van der Waals surface area contributed by atoms with Crippen molar-refractivity contribution in [3.05, 3.63) is 66.2 Å². The Bertz CT molecular complexity index is 1010. The van der Waals surface area contributed by atoms with Crippen molar-refractivity contribution >= 4 is 11.9 Å². The molecule has 1 amide bonds. The molecular formula is C24H31N7O. The van der Waals surface area contributed by atoms with Gasteiger partial charge in [0, 0.05) is 51.2 Å². The number of aromatic nitrogens is 4. The van der Waals surface area contributed by atoms with Crippen molar-refractivity contribution in [3.8, 4) is 5.69 Å². The van der Waals surface area contributed by atoms with E-state index < -0.39 is 0 Å². The summed E-state index contributed by atoms with van der Waals surface area (Å²) in [7, 11) is 0. The van der Waals surface area contributed by atoms with Gasteiger partial charge in [0.2, 0.25) is 5.95 Å². The van der Waals surface area contributed by atoms with Crippen molar-refractivity contribution in [1.29, 1.82) is 0 Å². The molecule has 1 saturated heterocycles. The predicted octanol–water partition coefficient (Wildman–Crippen LogP) is 2.73. The number of anilines is 1. The molecule has 1 aliphatic rings. The van der Waals surface area contributed by atoms with Crippen molar-refractivity contribution in [1.82, 2.24) is 30.0 Å². The summed E-state index contributed by atoms with van der Waals surface area (Å²) < 4.78 is 1.75. The highest BCUT2D eigenvalue weighted by atomic mass is 16.2. The van der Waals surface area contributed by atoms with E-state index in [1.54, 1.807) is 17.1 Å². The van der Waals surface area contributed by atoms with Crippen molar-refractivity contribution < 1.29 is 4.79 Å². The Hall–Kier alpha value is -3.26. The van der Waals surface area contributed by atoms with Gasteiger partial charge in [-0.1, -0.05) is 32.0 Å². The van der Waals surface area contributed by atoms with E-state index in [2.05, 4.69) is 51.0 Å². The maximum atomic E-state index is 13.1. The van der Waals surface area contributed by atoms with E-state index in [0.717, 1.165) is 50.1 Å². The molecule has 1 aliphatic heterocycles. The second kappa shape index (κ2) is 9.91. The Morgan fingerprint density at radius 2 is 1.69 bits per heavy atom. The van der Waals surface area contributed by atoms with Gasteiger partial charge >= 0.3 is 0 Å². The fourth-order valence-electron chi connectivity index (χ4n) is 3.92. The zero-order chi connectivity index (χ0) is 22.5. The minimum atomic E-state index is -0.0999. The summed E-state index contributed by atoms with van der Waals surface area (Å²) in [5.41, 5.74) is 2.36. The minimum absolute atomic E-state index is 0.0173. The predicted molar refractivity (Wildman–Crippen MR) is 125 cm³/mol. The van der Waals surface area contributed by atoms with Gasteiger partial charge in [0.15, 0.2) is 0 Å². The number of rotatable bonds is 7. The van der Waals surface area contributed by atoms with Gasteiger partial charge in [-0.2, -0.15) is 5.10 Å². The highest BCUT2D eigenvalue weighted by molar-refractivity contribution is 5.93. The number of carbonyl (C=O) groups is 1. The normalized spacial score (nSPS) is 15.7. The standard InChI is InChI=1S/C24H31N7O/c1-18(2)21-16-22(31(28-21)20-8-5-4-6-9-20)23(32)27-19(3)17-29-12-14-30(15-13-29)24-25-10-7-11-26-24/h4-11,16,18-19H,12-15,17H2,1-3H3,(H,27,32). The van der Waals surface area contributed by atoms with Crippen LogP contribution in [0.1, 0.15) is 42.9 Å². The van der Waals surface area contributed by atoms with Gasteiger partial charge in [-0.05, 0) is 37.1 Å². The Morgan fingerprint density at radius 1 is 1.00 bits per heavy atom. The molecule has 1 N–H and O–H groups in total. The monoisotopic (exact) mass is 433 g/mol. The number of nitrogens with one attached hydrogen (secondary N) is 1. The molecule has 1 atom stereocenters. The highest BCUT2D eigenvalue weighted by Crippen LogP contribution is 2.19. The molecule has 8 nitrogen and oxygen atoms in total. The van der Waals surface area contributed by atoms with Crippen LogP contribution in [0.3, 0.4) is 0 Å². The van der Waals surface area contributed by atoms with Crippen LogP contribution in [0.15, 0.2) is 54.9 Å². The number of hydrogen-bond acceptors (Lipinski definition) is 6. The highest BCUT2D eigenvalue weighted by Gasteiger charge is 2.23. The van der Waals surface area contributed by atoms with Gasteiger partial charge in [-0.25, -0.2) is 14.6 Å². The van der Waals surface area contributed by atoms with Crippen molar-refractivity contribution in [2.75, 3.05) is 37.6 Å². The number of nitrogens with zero attached hydrogens (tertiary/aromatic N) is 6. The quantitative estimate of drug-likeness (QED) is 0.617. The van der Waals surface area contributed by atoms with Gasteiger partial charge in [0.25, 0.3) is 5.91 Å². The van der Waals surface area contributed by atoms with Crippen molar-refractivity contribution in [2.45, 2.75) is 32.7 Å². The fourth-order valence-corrected chi connectivity index (χ4v) is 3.92. The van der Waals surface area contributed by atoms with Crippen LogP contribution < -0.4 is 10.2 Å². The zero-order valence-electron chi connectivity index (χ0n) is 19.0. The first-order valence-corrected chi connectivity index (χ1v) is 11.2. The summed E-state index contributed by atoms with van der Waals surface area (Å²) in [4.78, 5) is 26.4. The Morgan fingerprint density at radius 3 is 2.34 bits per heavy atom. The Labute approximate surface area is 189 Å². The summed E-state index contributed by atoms with van der Waals surface area (Å²) in [5, 5.41) is 7.86. The number of amides is 1. The van der Waals surface area contributed by atoms with Crippen LogP contribution in [-0.4, -0.2) is 69.3 Å². The average molecular weight is 434 g/mol. The van der Waals surface area contributed by atoms with Crippen LogP contribution in [0.25, 0.3) is 5.69 Å². The fraction of sp³-hybridized carbons (Fsp3) is 0.417. The largest absolute Gasteiger partial charge is 0.347 e. The zero-order valence-corrected chi connectivity index (χ0v) is 19.0. The minimum Gasteiger partial charge on any atom is -0.347 e. The van der Waals surface area contributed by atoms with Crippen LogP contribution in [0.5, 0.6) is 0 Å². The third-order valence-electron chi connectivity index (χ3n) is 5.67. The number of hydrogen-bond donors (Lipinski definition) is 1. The lowest BCUT2D eigenvalue weighted by molar-refractivity contribution is 0.0920. The smallest absolute Gasteiger partial charge is 0.270 e. The number of benzene rings is 1. The molecule has 168 valence electrons. The van der Waals surface area contributed by atoms with Crippen LogP contribution in [0.2, 0.25) is 0 Å². The lowest BCUT2D eigenvalue weighted by Gasteiger charge is -2.35. The van der Waals surface area contributed by atoms with Crippen molar-refractivity contribution in [3.63, 3.8) is 0 Å². The second-order valence-corrected chi connectivity index (χ2v) is 8.57. The molecule has 8 heteroatoms. The van der Waals surface area contributed by atoms with Crippen LogP contribution in [-0.2, 0) is 0 Å². The molecule has 0 aliphatic carbocycles. The van der Waals surface area contributed by atoms with Gasteiger partial charge in [0.05, 0.1) is 11.4 Å². The van der Waals surface area contributed by atoms with E-state index in [1.165, 1.54) is 0 Å². The first-order chi connectivity index (χ1) is 15.5. The molecule has 0 saturated carbocycles. The molecule has 32 heavy (non-hydrogen) atoms. The van der Waals surface area contributed by atoms with E-state index in [1.807, 2.05) is 42.5 Å².